The zero-order valence-corrected chi connectivity index (χ0v) is 13.2. The molecule has 1 aliphatic heterocycles. The van der Waals surface area contributed by atoms with Crippen LogP contribution in [0.5, 0.6) is 0 Å². The fraction of sp³-hybridized carbons (Fsp3) is 0.625. The summed E-state index contributed by atoms with van der Waals surface area (Å²) in [6, 6.07) is 8.55. The van der Waals surface area contributed by atoms with Crippen LogP contribution in [0, 0.1) is 0 Å². The summed E-state index contributed by atoms with van der Waals surface area (Å²) in [6.45, 7) is 10.8. The SMILES string of the molecule is C[C@@H](NC1CC(C)(C)OC1(C)C)c1ccccc1Cl. The van der Waals surface area contributed by atoms with Crippen LogP contribution in [0.25, 0.3) is 0 Å². The van der Waals surface area contributed by atoms with E-state index < -0.39 is 0 Å². The molecule has 2 nitrogen and oxygen atoms in total. The van der Waals surface area contributed by atoms with Crippen molar-refractivity contribution in [3.05, 3.63) is 34.9 Å². The van der Waals surface area contributed by atoms with Crippen molar-refractivity contribution >= 4 is 11.6 Å². The maximum atomic E-state index is 6.26. The van der Waals surface area contributed by atoms with E-state index in [2.05, 4.69) is 46.0 Å². The van der Waals surface area contributed by atoms with Crippen molar-refractivity contribution in [1.29, 1.82) is 0 Å². The highest BCUT2D eigenvalue weighted by Crippen LogP contribution is 2.38. The third-order valence-corrected chi connectivity index (χ3v) is 4.24. The maximum Gasteiger partial charge on any atom is 0.0787 e. The number of hydrogen-bond donors (Lipinski definition) is 1. The first-order valence-corrected chi connectivity index (χ1v) is 7.30. The first-order chi connectivity index (χ1) is 8.71. The number of halogens is 1. The summed E-state index contributed by atoms with van der Waals surface area (Å²) in [6.07, 6.45) is 1.01. The van der Waals surface area contributed by atoms with Crippen LogP contribution in [0.4, 0.5) is 0 Å². The predicted molar refractivity (Wildman–Crippen MR) is 80.7 cm³/mol. The molecule has 2 rings (SSSR count). The van der Waals surface area contributed by atoms with E-state index in [0.717, 1.165) is 17.0 Å². The van der Waals surface area contributed by atoms with Gasteiger partial charge in [0, 0.05) is 17.1 Å². The van der Waals surface area contributed by atoms with Crippen LogP contribution in [-0.2, 0) is 4.74 Å². The molecule has 0 aromatic heterocycles. The second-order valence-electron chi connectivity index (χ2n) is 6.63. The molecule has 1 N–H and O–H groups in total. The van der Waals surface area contributed by atoms with Gasteiger partial charge in [-0.25, -0.2) is 0 Å². The summed E-state index contributed by atoms with van der Waals surface area (Å²) < 4.78 is 6.12. The molecule has 1 aromatic carbocycles. The summed E-state index contributed by atoms with van der Waals surface area (Å²) in [5.41, 5.74) is 0.921. The molecule has 0 spiro atoms. The Hall–Kier alpha value is -0.570. The molecule has 1 saturated heterocycles. The minimum Gasteiger partial charge on any atom is -0.368 e. The summed E-state index contributed by atoms with van der Waals surface area (Å²) in [5, 5.41) is 4.49. The van der Waals surface area contributed by atoms with Crippen LogP contribution in [0.1, 0.15) is 52.6 Å². The second-order valence-corrected chi connectivity index (χ2v) is 7.04. The van der Waals surface area contributed by atoms with Crippen LogP contribution in [-0.4, -0.2) is 17.2 Å². The third-order valence-electron chi connectivity index (χ3n) is 3.90. The van der Waals surface area contributed by atoms with E-state index in [1.807, 2.05) is 18.2 Å². The summed E-state index contributed by atoms with van der Waals surface area (Å²) in [5.74, 6) is 0. The first kappa shape index (κ1) is 14.8. The Morgan fingerprint density at radius 2 is 1.89 bits per heavy atom. The van der Waals surface area contributed by atoms with Crippen LogP contribution in [0.3, 0.4) is 0 Å². The second kappa shape index (κ2) is 5.08. The first-order valence-electron chi connectivity index (χ1n) is 6.92. The standard InChI is InChI=1S/C16H24ClNO/c1-11(12-8-6-7-9-13(12)17)18-14-10-15(2,3)19-16(14,4)5/h6-9,11,14,18H,10H2,1-5H3/t11-,14?/m1/s1. The number of benzene rings is 1. The van der Waals surface area contributed by atoms with Crippen LogP contribution < -0.4 is 5.32 Å². The van der Waals surface area contributed by atoms with E-state index in [9.17, 15) is 0 Å². The Balaban J connectivity index is 2.12. The minimum absolute atomic E-state index is 0.0681. The lowest BCUT2D eigenvalue weighted by atomic mass is 9.93. The van der Waals surface area contributed by atoms with Crippen molar-refractivity contribution in [1.82, 2.24) is 5.32 Å². The minimum atomic E-state index is -0.154. The van der Waals surface area contributed by atoms with E-state index in [4.69, 9.17) is 16.3 Å². The number of rotatable bonds is 3. The molecule has 19 heavy (non-hydrogen) atoms. The van der Waals surface area contributed by atoms with Crippen molar-refractivity contribution in [2.75, 3.05) is 0 Å². The van der Waals surface area contributed by atoms with Gasteiger partial charge in [0.25, 0.3) is 0 Å². The van der Waals surface area contributed by atoms with E-state index in [1.165, 1.54) is 0 Å². The highest BCUT2D eigenvalue weighted by molar-refractivity contribution is 6.31. The molecule has 1 aromatic rings. The van der Waals surface area contributed by atoms with Crippen LogP contribution in [0.15, 0.2) is 24.3 Å². The normalized spacial score (nSPS) is 26.3. The highest BCUT2D eigenvalue weighted by Gasteiger charge is 2.46. The zero-order chi connectivity index (χ0) is 14.3. The molecule has 1 heterocycles. The van der Waals surface area contributed by atoms with Crippen molar-refractivity contribution < 1.29 is 4.74 Å². The Kier molecular flexibility index (Phi) is 3.97. The van der Waals surface area contributed by atoms with Gasteiger partial charge in [-0.1, -0.05) is 29.8 Å². The van der Waals surface area contributed by atoms with Gasteiger partial charge in [0.05, 0.1) is 11.2 Å². The molecule has 0 radical (unpaired) electrons. The van der Waals surface area contributed by atoms with Crippen LogP contribution in [0.2, 0.25) is 5.02 Å². The summed E-state index contributed by atoms with van der Waals surface area (Å²) in [4.78, 5) is 0. The van der Waals surface area contributed by atoms with Gasteiger partial charge in [0.15, 0.2) is 0 Å². The third kappa shape index (κ3) is 3.31. The van der Waals surface area contributed by atoms with E-state index in [0.29, 0.717) is 6.04 Å². The molecule has 0 saturated carbocycles. The van der Waals surface area contributed by atoms with Crippen LogP contribution >= 0.6 is 11.6 Å². The molecular formula is C16H24ClNO. The average molecular weight is 282 g/mol. The van der Waals surface area contributed by atoms with Gasteiger partial charge >= 0.3 is 0 Å². The molecule has 2 atom stereocenters. The van der Waals surface area contributed by atoms with E-state index in [1.54, 1.807) is 0 Å². The number of hydrogen-bond acceptors (Lipinski definition) is 2. The lowest BCUT2D eigenvalue weighted by molar-refractivity contribution is -0.0703. The topological polar surface area (TPSA) is 21.3 Å². The number of ether oxygens (including phenoxy) is 1. The lowest BCUT2D eigenvalue weighted by Gasteiger charge is -2.30. The molecule has 1 unspecified atom stereocenters. The van der Waals surface area contributed by atoms with E-state index in [-0.39, 0.29) is 17.2 Å². The quantitative estimate of drug-likeness (QED) is 0.890. The van der Waals surface area contributed by atoms with Gasteiger partial charge in [-0.15, -0.1) is 0 Å². The molecule has 106 valence electrons. The van der Waals surface area contributed by atoms with Gasteiger partial charge in [0.2, 0.25) is 0 Å². The fourth-order valence-corrected chi connectivity index (χ4v) is 3.34. The van der Waals surface area contributed by atoms with Gasteiger partial charge in [-0.2, -0.15) is 0 Å². The van der Waals surface area contributed by atoms with Crippen molar-refractivity contribution in [2.24, 2.45) is 0 Å². The Morgan fingerprint density at radius 1 is 1.26 bits per heavy atom. The summed E-state index contributed by atoms with van der Waals surface area (Å²) >= 11 is 6.26. The van der Waals surface area contributed by atoms with Crippen molar-refractivity contribution in [3.8, 4) is 0 Å². The van der Waals surface area contributed by atoms with Gasteiger partial charge in [-0.3, -0.25) is 0 Å². The smallest absolute Gasteiger partial charge is 0.0787 e. The Bertz CT molecular complexity index is 456. The fourth-order valence-electron chi connectivity index (χ4n) is 3.04. The maximum absolute atomic E-state index is 6.26. The number of nitrogens with one attached hydrogen (secondary N) is 1. The van der Waals surface area contributed by atoms with Gasteiger partial charge in [0.1, 0.15) is 0 Å². The largest absolute Gasteiger partial charge is 0.368 e. The van der Waals surface area contributed by atoms with Crippen molar-refractivity contribution in [3.63, 3.8) is 0 Å². The molecule has 0 amide bonds. The Labute approximate surface area is 121 Å². The molecule has 3 heteroatoms. The van der Waals surface area contributed by atoms with Crippen molar-refractivity contribution in [2.45, 2.75) is 64.3 Å². The molecule has 1 aliphatic rings. The molecule has 1 fully saturated rings. The predicted octanol–water partition coefficient (Wildman–Crippen LogP) is 4.34. The highest BCUT2D eigenvalue weighted by atomic mass is 35.5. The van der Waals surface area contributed by atoms with E-state index >= 15 is 0 Å². The molecule has 0 bridgehead atoms. The van der Waals surface area contributed by atoms with Gasteiger partial charge in [-0.05, 0) is 52.7 Å². The lowest BCUT2D eigenvalue weighted by Crippen LogP contribution is -2.44. The Morgan fingerprint density at radius 3 is 2.42 bits per heavy atom. The molecule has 0 aliphatic carbocycles. The zero-order valence-electron chi connectivity index (χ0n) is 12.5. The summed E-state index contributed by atoms with van der Waals surface area (Å²) in [7, 11) is 0. The molecular weight excluding hydrogens is 258 g/mol. The monoisotopic (exact) mass is 281 g/mol. The average Bonchev–Trinajstić information content (AvgIpc) is 2.47. The van der Waals surface area contributed by atoms with Gasteiger partial charge < -0.3 is 10.1 Å².